The molecule has 0 radical (unpaired) electrons. The summed E-state index contributed by atoms with van der Waals surface area (Å²) in [4.78, 5) is 17.9. The van der Waals surface area contributed by atoms with Crippen LogP contribution < -0.4 is 5.73 Å². The van der Waals surface area contributed by atoms with Crippen molar-refractivity contribution in [2.75, 3.05) is 0 Å². The van der Waals surface area contributed by atoms with Crippen LogP contribution in [0.15, 0.2) is 60.7 Å². The first kappa shape index (κ1) is 13.7. The normalized spacial score (nSPS) is 10.5. The molecule has 0 fully saturated rings. The van der Waals surface area contributed by atoms with E-state index in [-0.39, 0.29) is 5.78 Å². The second-order valence-corrected chi connectivity index (χ2v) is 5.63. The Balaban J connectivity index is 2.10. The molecule has 0 saturated heterocycles. The molecule has 3 nitrogen and oxygen atoms in total. The summed E-state index contributed by atoms with van der Waals surface area (Å²) in [7, 11) is 0. The molecule has 0 bridgehead atoms. The number of hydrogen-bond acceptors (Lipinski definition) is 4. The van der Waals surface area contributed by atoms with Crippen molar-refractivity contribution in [2.24, 2.45) is 5.73 Å². The van der Waals surface area contributed by atoms with Crippen molar-refractivity contribution >= 4 is 17.1 Å². The van der Waals surface area contributed by atoms with Gasteiger partial charge in [-0.25, -0.2) is 4.98 Å². The van der Waals surface area contributed by atoms with Gasteiger partial charge in [0.1, 0.15) is 9.88 Å². The van der Waals surface area contributed by atoms with Gasteiger partial charge in [0.2, 0.25) is 5.78 Å². The molecule has 3 rings (SSSR count). The molecule has 0 atom stereocenters. The molecule has 0 amide bonds. The topological polar surface area (TPSA) is 56.0 Å². The summed E-state index contributed by atoms with van der Waals surface area (Å²) in [6.45, 7) is 0.340. The van der Waals surface area contributed by atoms with Gasteiger partial charge in [0, 0.05) is 17.7 Å². The van der Waals surface area contributed by atoms with E-state index < -0.39 is 0 Å². The minimum absolute atomic E-state index is 0.00773. The molecule has 1 aromatic heterocycles. The average molecular weight is 294 g/mol. The van der Waals surface area contributed by atoms with Gasteiger partial charge in [-0.3, -0.25) is 4.79 Å². The third-order valence-electron chi connectivity index (χ3n) is 3.14. The van der Waals surface area contributed by atoms with E-state index in [2.05, 4.69) is 4.98 Å². The fourth-order valence-electron chi connectivity index (χ4n) is 2.12. The number of nitrogens with zero attached hydrogens (tertiary/aromatic N) is 1. The van der Waals surface area contributed by atoms with Gasteiger partial charge in [0.15, 0.2) is 0 Å². The highest BCUT2D eigenvalue weighted by Gasteiger charge is 2.20. The minimum Gasteiger partial charge on any atom is -0.325 e. The Kier molecular flexibility index (Phi) is 3.90. The monoisotopic (exact) mass is 294 g/mol. The maximum atomic E-state index is 12.7. The Morgan fingerprint density at radius 3 is 2.24 bits per heavy atom. The zero-order chi connectivity index (χ0) is 14.7. The predicted octanol–water partition coefficient (Wildman–Crippen LogP) is 3.50. The van der Waals surface area contributed by atoms with Crippen molar-refractivity contribution in [3.8, 4) is 11.3 Å². The van der Waals surface area contributed by atoms with E-state index in [0.29, 0.717) is 17.0 Å². The second-order valence-electron chi connectivity index (χ2n) is 4.55. The number of carbonyl (C=O) groups is 1. The molecule has 2 N–H and O–H groups in total. The van der Waals surface area contributed by atoms with Gasteiger partial charge in [0.25, 0.3) is 0 Å². The zero-order valence-corrected chi connectivity index (χ0v) is 12.1. The maximum absolute atomic E-state index is 12.7. The standard InChI is InChI=1S/C17H14N2OS/c18-11-14-19-15(12-7-3-1-4-8-12)17(21-14)16(20)13-9-5-2-6-10-13/h1-10H,11,18H2. The first-order valence-corrected chi connectivity index (χ1v) is 7.46. The molecule has 0 aliphatic heterocycles. The molecular formula is C17H14N2OS. The first-order chi connectivity index (χ1) is 10.3. The number of aromatic nitrogens is 1. The number of thiazole rings is 1. The molecule has 0 unspecified atom stereocenters. The molecule has 21 heavy (non-hydrogen) atoms. The van der Waals surface area contributed by atoms with Crippen molar-refractivity contribution in [2.45, 2.75) is 6.54 Å². The van der Waals surface area contributed by atoms with Crippen LogP contribution in [0.1, 0.15) is 20.2 Å². The summed E-state index contributed by atoms with van der Waals surface area (Å²) in [6, 6.07) is 19.0. The molecule has 3 aromatic rings. The summed E-state index contributed by atoms with van der Waals surface area (Å²) in [5.74, 6) is -0.00773. The van der Waals surface area contributed by atoms with E-state index in [9.17, 15) is 4.79 Å². The third kappa shape index (κ3) is 2.77. The lowest BCUT2D eigenvalue weighted by Gasteiger charge is -2.02. The Morgan fingerprint density at radius 1 is 1.00 bits per heavy atom. The zero-order valence-electron chi connectivity index (χ0n) is 11.3. The minimum atomic E-state index is -0.00773. The van der Waals surface area contributed by atoms with E-state index in [1.807, 2.05) is 60.7 Å². The highest BCUT2D eigenvalue weighted by molar-refractivity contribution is 7.14. The first-order valence-electron chi connectivity index (χ1n) is 6.64. The van der Waals surface area contributed by atoms with Gasteiger partial charge in [-0.1, -0.05) is 60.7 Å². The van der Waals surface area contributed by atoms with Crippen molar-refractivity contribution in [3.63, 3.8) is 0 Å². The number of hydrogen-bond donors (Lipinski definition) is 1. The molecule has 4 heteroatoms. The summed E-state index contributed by atoms with van der Waals surface area (Å²) in [5.41, 5.74) is 8.01. The highest BCUT2D eigenvalue weighted by atomic mass is 32.1. The van der Waals surface area contributed by atoms with Crippen molar-refractivity contribution < 1.29 is 4.79 Å². The van der Waals surface area contributed by atoms with Crippen LogP contribution in [0.4, 0.5) is 0 Å². The molecule has 0 saturated carbocycles. The van der Waals surface area contributed by atoms with Crippen LogP contribution in [0.3, 0.4) is 0 Å². The summed E-state index contributed by atoms with van der Waals surface area (Å²) in [5, 5.41) is 0.771. The fraction of sp³-hybridized carbons (Fsp3) is 0.0588. The Labute approximate surface area is 127 Å². The van der Waals surface area contributed by atoms with Crippen LogP contribution in [-0.4, -0.2) is 10.8 Å². The molecule has 104 valence electrons. The van der Waals surface area contributed by atoms with Crippen LogP contribution in [0.25, 0.3) is 11.3 Å². The summed E-state index contributed by atoms with van der Waals surface area (Å²) >= 11 is 1.37. The van der Waals surface area contributed by atoms with E-state index in [1.165, 1.54) is 11.3 Å². The van der Waals surface area contributed by atoms with Gasteiger partial charge < -0.3 is 5.73 Å². The van der Waals surface area contributed by atoms with E-state index >= 15 is 0 Å². The average Bonchev–Trinajstić information content (AvgIpc) is 3.00. The number of benzene rings is 2. The van der Waals surface area contributed by atoms with Gasteiger partial charge in [0.05, 0.1) is 5.69 Å². The molecule has 1 heterocycles. The van der Waals surface area contributed by atoms with Crippen LogP contribution in [-0.2, 0) is 6.54 Å². The lowest BCUT2D eigenvalue weighted by molar-refractivity contribution is 0.104. The lowest BCUT2D eigenvalue weighted by Crippen LogP contribution is -2.00. The Morgan fingerprint density at radius 2 is 1.62 bits per heavy atom. The fourth-order valence-corrected chi connectivity index (χ4v) is 3.04. The quantitative estimate of drug-likeness (QED) is 0.749. The number of ketones is 1. The molecule has 0 aliphatic rings. The summed E-state index contributed by atoms with van der Waals surface area (Å²) in [6.07, 6.45) is 0. The van der Waals surface area contributed by atoms with E-state index in [4.69, 9.17) is 5.73 Å². The van der Waals surface area contributed by atoms with Crippen molar-refractivity contribution in [1.82, 2.24) is 4.98 Å². The number of rotatable bonds is 4. The van der Waals surface area contributed by atoms with Crippen LogP contribution in [0.5, 0.6) is 0 Å². The smallest absolute Gasteiger partial charge is 0.205 e. The van der Waals surface area contributed by atoms with Crippen LogP contribution >= 0.6 is 11.3 Å². The second kappa shape index (κ2) is 5.99. The summed E-state index contributed by atoms with van der Waals surface area (Å²) < 4.78 is 0. The predicted molar refractivity (Wildman–Crippen MR) is 85.3 cm³/mol. The lowest BCUT2D eigenvalue weighted by atomic mass is 10.1. The van der Waals surface area contributed by atoms with Crippen LogP contribution in [0, 0.1) is 0 Å². The van der Waals surface area contributed by atoms with Crippen LogP contribution in [0.2, 0.25) is 0 Å². The Bertz CT molecular complexity index is 751. The Hall–Kier alpha value is -2.30. The van der Waals surface area contributed by atoms with Gasteiger partial charge in [-0.15, -0.1) is 11.3 Å². The molecule has 0 aliphatic carbocycles. The number of carbonyl (C=O) groups excluding carboxylic acids is 1. The molecular weight excluding hydrogens is 280 g/mol. The largest absolute Gasteiger partial charge is 0.325 e. The van der Waals surface area contributed by atoms with E-state index in [0.717, 1.165) is 16.3 Å². The molecule has 2 aromatic carbocycles. The maximum Gasteiger partial charge on any atom is 0.205 e. The van der Waals surface area contributed by atoms with Gasteiger partial charge in [-0.05, 0) is 0 Å². The SMILES string of the molecule is NCc1nc(-c2ccccc2)c(C(=O)c2ccccc2)s1. The number of nitrogens with two attached hydrogens (primary N) is 1. The van der Waals surface area contributed by atoms with E-state index in [1.54, 1.807) is 0 Å². The van der Waals surface area contributed by atoms with Gasteiger partial charge in [-0.2, -0.15) is 0 Å². The van der Waals surface area contributed by atoms with Crippen molar-refractivity contribution in [1.29, 1.82) is 0 Å². The van der Waals surface area contributed by atoms with Crippen molar-refractivity contribution in [3.05, 3.63) is 76.1 Å². The highest BCUT2D eigenvalue weighted by Crippen LogP contribution is 2.30. The third-order valence-corrected chi connectivity index (χ3v) is 4.21. The molecule has 0 spiro atoms. The van der Waals surface area contributed by atoms with Gasteiger partial charge >= 0.3 is 0 Å².